The predicted molar refractivity (Wildman–Crippen MR) is 110 cm³/mol. The highest BCUT2D eigenvalue weighted by Crippen LogP contribution is 2.33. The summed E-state index contributed by atoms with van der Waals surface area (Å²) < 4.78 is 0. The van der Waals surface area contributed by atoms with Gasteiger partial charge >= 0.3 is 0 Å². The summed E-state index contributed by atoms with van der Waals surface area (Å²) in [5.74, 6) is 0.0883. The van der Waals surface area contributed by atoms with Crippen molar-refractivity contribution in [3.8, 4) is 0 Å². The third-order valence-corrected chi connectivity index (χ3v) is 5.13. The summed E-state index contributed by atoms with van der Waals surface area (Å²) in [7, 11) is 4.04. The second kappa shape index (κ2) is 9.66. The quantitative estimate of drug-likeness (QED) is 0.502. The first-order valence-electron chi connectivity index (χ1n) is 9.10. The zero-order valence-corrected chi connectivity index (χ0v) is 16.6. The summed E-state index contributed by atoms with van der Waals surface area (Å²) >= 11 is 1.51. The van der Waals surface area contributed by atoms with Gasteiger partial charge in [-0.2, -0.15) is 0 Å². The maximum absolute atomic E-state index is 12.8. The van der Waals surface area contributed by atoms with Crippen molar-refractivity contribution in [2.75, 3.05) is 32.1 Å². The fraction of sp³-hybridized carbons (Fsp3) is 0.500. The van der Waals surface area contributed by atoms with Crippen molar-refractivity contribution in [2.24, 2.45) is 4.99 Å². The second-order valence-corrected chi connectivity index (χ2v) is 7.43. The van der Waals surface area contributed by atoms with Crippen LogP contribution in [0.5, 0.6) is 0 Å². The van der Waals surface area contributed by atoms with Gasteiger partial charge in [0.1, 0.15) is 0 Å². The molecule has 0 radical (unpaired) electrons. The van der Waals surface area contributed by atoms with Gasteiger partial charge in [-0.3, -0.25) is 14.7 Å². The molecule has 25 heavy (non-hydrogen) atoms. The molecule has 0 aliphatic carbocycles. The molecule has 1 aliphatic rings. The van der Waals surface area contributed by atoms with Crippen molar-refractivity contribution in [3.63, 3.8) is 0 Å². The predicted octanol–water partition coefficient (Wildman–Crippen LogP) is 4.63. The summed E-state index contributed by atoms with van der Waals surface area (Å²) in [6, 6.07) is 8.25. The number of anilines is 1. The van der Waals surface area contributed by atoms with Gasteiger partial charge in [0.05, 0.1) is 4.91 Å². The van der Waals surface area contributed by atoms with Crippen LogP contribution in [-0.2, 0) is 4.79 Å². The molecule has 136 valence electrons. The number of rotatable bonds is 8. The van der Waals surface area contributed by atoms with Crippen molar-refractivity contribution >= 4 is 34.6 Å². The van der Waals surface area contributed by atoms with Crippen LogP contribution in [0.2, 0.25) is 0 Å². The fourth-order valence-electron chi connectivity index (χ4n) is 2.49. The van der Waals surface area contributed by atoms with E-state index >= 15 is 0 Å². The molecule has 1 amide bonds. The Morgan fingerprint density at radius 1 is 1.12 bits per heavy atom. The molecule has 2 rings (SSSR count). The Morgan fingerprint density at radius 3 is 2.40 bits per heavy atom. The third kappa shape index (κ3) is 5.36. The summed E-state index contributed by atoms with van der Waals surface area (Å²) in [5, 5.41) is 0.864. The van der Waals surface area contributed by atoms with Crippen LogP contribution in [0, 0.1) is 0 Å². The van der Waals surface area contributed by atoms with Gasteiger partial charge in [0.25, 0.3) is 5.91 Å². The molecule has 0 atom stereocenters. The van der Waals surface area contributed by atoms with E-state index in [1.54, 1.807) is 0 Å². The van der Waals surface area contributed by atoms with Crippen molar-refractivity contribution in [1.82, 2.24) is 4.90 Å². The number of hydrogen-bond donors (Lipinski definition) is 0. The summed E-state index contributed by atoms with van der Waals surface area (Å²) in [6.07, 6.45) is 6.23. The number of amides is 1. The number of hydrogen-bond acceptors (Lipinski definition) is 4. The topological polar surface area (TPSA) is 35.9 Å². The monoisotopic (exact) mass is 359 g/mol. The molecule has 1 aromatic rings. The van der Waals surface area contributed by atoms with E-state index in [0.717, 1.165) is 60.1 Å². The number of thioether (sulfide) groups is 1. The molecule has 0 spiro atoms. The van der Waals surface area contributed by atoms with Gasteiger partial charge in [0.2, 0.25) is 0 Å². The first kappa shape index (κ1) is 19.6. The van der Waals surface area contributed by atoms with E-state index in [1.807, 2.05) is 25.1 Å². The van der Waals surface area contributed by atoms with E-state index in [-0.39, 0.29) is 5.91 Å². The summed E-state index contributed by atoms with van der Waals surface area (Å²) in [5.41, 5.74) is 2.20. The number of benzene rings is 1. The van der Waals surface area contributed by atoms with E-state index in [9.17, 15) is 4.79 Å². The Hall–Kier alpha value is -1.75. The standard InChI is InChI=1S/C20H29N3OS/c1-5-7-13-21-20-23(14-8-6-2)19(24)18(25-20)15-16-9-11-17(12-10-16)22(3)4/h9-12,15H,5-8,13-14H2,1-4H3/b18-15-,21-20?. The fourth-order valence-corrected chi connectivity index (χ4v) is 3.52. The molecule has 0 aromatic heterocycles. The molecule has 1 aliphatic heterocycles. The van der Waals surface area contributed by atoms with Gasteiger partial charge in [-0.1, -0.05) is 38.8 Å². The highest BCUT2D eigenvalue weighted by atomic mass is 32.2. The normalized spacial score (nSPS) is 17.8. The van der Waals surface area contributed by atoms with E-state index in [4.69, 9.17) is 0 Å². The Balaban J connectivity index is 2.19. The SMILES string of the molecule is CCCCN=C1S/C(=C\c2ccc(N(C)C)cc2)C(=O)N1CCCC. The minimum Gasteiger partial charge on any atom is -0.378 e. The summed E-state index contributed by atoms with van der Waals surface area (Å²) in [6.45, 7) is 5.85. The molecular weight excluding hydrogens is 330 g/mol. The van der Waals surface area contributed by atoms with Gasteiger partial charge in [0.15, 0.2) is 5.17 Å². The van der Waals surface area contributed by atoms with Crippen LogP contribution in [0.1, 0.15) is 45.1 Å². The van der Waals surface area contributed by atoms with Gasteiger partial charge in [-0.15, -0.1) is 0 Å². The zero-order chi connectivity index (χ0) is 18.2. The Labute approximate surface area is 156 Å². The molecule has 1 saturated heterocycles. The van der Waals surface area contributed by atoms with Gasteiger partial charge in [-0.05, 0) is 48.4 Å². The minimum atomic E-state index is 0.0883. The lowest BCUT2D eigenvalue weighted by Gasteiger charge is -2.14. The molecule has 0 N–H and O–H groups in total. The Bertz CT molecular complexity index is 635. The maximum atomic E-state index is 12.8. The van der Waals surface area contributed by atoms with Crippen LogP contribution in [0.15, 0.2) is 34.2 Å². The largest absolute Gasteiger partial charge is 0.378 e. The Morgan fingerprint density at radius 2 is 1.80 bits per heavy atom. The number of amidine groups is 1. The second-order valence-electron chi connectivity index (χ2n) is 6.42. The molecule has 5 heteroatoms. The average molecular weight is 360 g/mol. The van der Waals surface area contributed by atoms with E-state index in [2.05, 4.69) is 48.0 Å². The van der Waals surface area contributed by atoms with Crippen LogP contribution in [0.3, 0.4) is 0 Å². The van der Waals surface area contributed by atoms with Crippen LogP contribution in [0.4, 0.5) is 5.69 Å². The third-order valence-electron chi connectivity index (χ3n) is 4.09. The van der Waals surface area contributed by atoms with Crippen LogP contribution in [0.25, 0.3) is 6.08 Å². The minimum absolute atomic E-state index is 0.0883. The van der Waals surface area contributed by atoms with Crippen molar-refractivity contribution < 1.29 is 4.79 Å². The highest BCUT2D eigenvalue weighted by molar-refractivity contribution is 8.18. The molecule has 1 aromatic carbocycles. The lowest BCUT2D eigenvalue weighted by atomic mass is 10.2. The van der Waals surface area contributed by atoms with Crippen molar-refractivity contribution in [3.05, 3.63) is 34.7 Å². The number of carbonyl (C=O) groups is 1. The smallest absolute Gasteiger partial charge is 0.266 e. The summed E-state index contributed by atoms with van der Waals surface area (Å²) in [4.78, 5) is 22.1. The molecule has 0 bridgehead atoms. The molecule has 1 fully saturated rings. The van der Waals surface area contributed by atoms with Gasteiger partial charge in [0, 0.05) is 32.9 Å². The van der Waals surface area contributed by atoms with Crippen molar-refractivity contribution in [2.45, 2.75) is 39.5 Å². The number of carbonyl (C=O) groups excluding carboxylic acids is 1. The van der Waals surface area contributed by atoms with Gasteiger partial charge in [-0.25, -0.2) is 0 Å². The molecule has 4 nitrogen and oxygen atoms in total. The van der Waals surface area contributed by atoms with Crippen LogP contribution < -0.4 is 4.90 Å². The van der Waals surface area contributed by atoms with Crippen LogP contribution >= 0.6 is 11.8 Å². The first-order valence-corrected chi connectivity index (χ1v) is 9.91. The first-order chi connectivity index (χ1) is 12.1. The van der Waals surface area contributed by atoms with Crippen molar-refractivity contribution in [1.29, 1.82) is 0 Å². The average Bonchev–Trinajstić information content (AvgIpc) is 2.89. The molecule has 1 heterocycles. The lowest BCUT2D eigenvalue weighted by molar-refractivity contribution is -0.122. The molecular formula is C20H29N3OS. The number of aliphatic imine (C=N–C) groups is 1. The van der Waals surface area contributed by atoms with Gasteiger partial charge < -0.3 is 4.90 Å². The van der Waals surface area contributed by atoms with E-state index in [1.165, 1.54) is 11.8 Å². The lowest BCUT2D eigenvalue weighted by Crippen LogP contribution is -2.30. The maximum Gasteiger partial charge on any atom is 0.266 e. The van der Waals surface area contributed by atoms with E-state index < -0.39 is 0 Å². The van der Waals surface area contributed by atoms with Crippen LogP contribution in [-0.4, -0.2) is 43.2 Å². The Kier molecular flexibility index (Phi) is 7.56. The number of nitrogens with zero attached hydrogens (tertiary/aromatic N) is 3. The highest BCUT2D eigenvalue weighted by Gasteiger charge is 2.32. The molecule has 0 saturated carbocycles. The molecule has 0 unspecified atom stereocenters. The zero-order valence-electron chi connectivity index (χ0n) is 15.8. The number of unbranched alkanes of at least 4 members (excludes halogenated alkanes) is 2. The van der Waals surface area contributed by atoms with E-state index in [0.29, 0.717) is 0 Å².